The first-order valence-electron chi connectivity index (χ1n) is 4.29. The van der Waals surface area contributed by atoms with Crippen molar-refractivity contribution in [1.82, 2.24) is 5.32 Å². The van der Waals surface area contributed by atoms with E-state index in [9.17, 15) is 5.11 Å². The molecule has 0 bridgehead atoms. The van der Waals surface area contributed by atoms with Gasteiger partial charge >= 0.3 is 0 Å². The van der Waals surface area contributed by atoms with Crippen molar-refractivity contribution < 1.29 is 10.2 Å². The van der Waals surface area contributed by atoms with Crippen molar-refractivity contribution in [3.63, 3.8) is 0 Å². The molecule has 2 atom stereocenters. The van der Waals surface area contributed by atoms with Crippen molar-refractivity contribution in [2.75, 3.05) is 7.05 Å². The normalized spacial score (nSPS) is 15.3. The van der Waals surface area contributed by atoms with Crippen LogP contribution in [-0.2, 0) is 0 Å². The molecule has 0 aliphatic rings. The highest BCUT2D eigenvalue weighted by Crippen LogP contribution is 2.19. The van der Waals surface area contributed by atoms with Gasteiger partial charge in [0.15, 0.2) is 0 Å². The number of aromatic hydroxyl groups is 1. The van der Waals surface area contributed by atoms with Crippen molar-refractivity contribution >= 4 is 0 Å². The lowest BCUT2D eigenvalue weighted by Gasteiger charge is -2.18. The monoisotopic (exact) mass is 181 g/mol. The highest BCUT2D eigenvalue weighted by atomic mass is 16.3. The van der Waals surface area contributed by atoms with E-state index in [0.29, 0.717) is 0 Å². The second kappa shape index (κ2) is 4.25. The average molecular weight is 181 g/mol. The van der Waals surface area contributed by atoms with E-state index in [4.69, 9.17) is 5.11 Å². The Morgan fingerprint density at radius 2 is 1.77 bits per heavy atom. The summed E-state index contributed by atoms with van der Waals surface area (Å²) >= 11 is 0. The minimum atomic E-state index is -0.536. The van der Waals surface area contributed by atoms with Gasteiger partial charge in [-0.15, -0.1) is 0 Å². The van der Waals surface area contributed by atoms with E-state index in [1.807, 2.05) is 6.92 Å². The van der Waals surface area contributed by atoms with Gasteiger partial charge in [0.05, 0.1) is 6.10 Å². The van der Waals surface area contributed by atoms with Crippen molar-refractivity contribution in [2.45, 2.75) is 19.1 Å². The van der Waals surface area contributed by atoms with E-state index in [0.717, 1.165) is 5.56 Å². The van der Waals surface area contributed by atoms with Gasteiger partial charge < -0.3 is 15.5 Å². The van der Waals surface area contributed by atoms with Crippen LogP contribution in [0.5, 0.6) is 5.75 Å². The van der Waals surface area contributed by atoms with Crippen molar-refractivity contribution in [3.05, 3.63) is 29.8 Å². The number of aliphatic hydroxyl groups is 1. The first kappa shape index (κ1) is 10.0. The maximum atomic E-state index is 9.74. The van der Waals surface area contributed by atoms with Gasteiger partial charge in [0.25, 0.3) is 0 Å². The van der Waals surface area contributed by atoms with Crippen LogP contribution >= 0.6 is 0 Å². The SMILES string of the molecule is CNC(C)[C@@H](O)c1ccc(O)cc1. The lowest BCUT2D eigenvalue weighted by atomic mass is 10.0. The van der Waals surface area contributed by atoms with Crippen LogP contribution in [0, 0.1) is 0 Å². The number of phenolic OH excluding ortho intramolecular Hbond substituents is 1. The van der Waals surface area contributed by atoms with Gasteiger partial charge in [0.2, 0.25) is 0 Å². The van der Waals surface area contributed by atoms with E-state index in [-0.39, 0.29) is 11.8 Å². The number of rotatable bonds is 3. The highest BCUT2D eigenvalue weighted by molar-refractivity contribution is 5.27. The molecule has 1 aromatic carbocycles. The Bertz CT molecular complexity index is 258. The number of hydrogen-bond donors (Lipinski definition) is 3. The largest absolute Gasteiger partial charge is 0.508 e. The van der Waals surface area contributed by atoms with Crippen LogP contribution in [0.3, 0.4) is 0 Å². The summed E-state index contributed by atoms with van der Waals surface area (Å²) in [6.07, 6.45) is -0.536. The van der Waals surface area contributed by atoms with Crippen molar-refractivity contribution in [2.24, 2.45) is 0 Å². The maximum absolute atomic E-state index is 9.74. The summed E-state index contributed by atoms with van der Waals surface area (Å²) in [5.41, 5.74) is 0.805. The van der Waals surface area contributed by atoms with E-state index in [1.165, 1.54) is 0 Å². The van der Waals surface area contributed by atoms with Crippen LogP contribution in [0.4, 0.5) is 0 Å². The summed E-state index contributed by atoms with van der Waals surface area (Å²) in [7, 11) is 1.80. The first-order chi connectivity index (χ1) is 6.15. The van der Waals surface area contributed by atoms with Crippen LogP contribution in [-0.4, -0.2) is 23.3 Å². The third-order valence-electron chi connectivity index (χ3n) is 2.16. The fourth-order valence-electron chi connectivity index (χ4n) is 1.12. The molecule has 0 amide bonds. The topological polar surface area (TPSA) is 52.5 Å². The third-order valence-corrected chi connectivity index (χ3v) is 2.16. The molecular formula is C10H15NO2. The molecule has 0 aromatic heterocycles. The Hall–Kier alpha value is -1.06. The van der Waals surface area contributed by atoms with Crippen LogP contribution in [0.25, 0.3) is 0 Å². The smallest absolute Gasteiger partial charge is 0.115 e. The van der Waals surface area contributed by atoms with Gasteiger partial charge in [-0.25, -0.2) is 0 Å². The maximum Gasteiger partial charge on any atom is 0.115 e. The predicted octanol–water partition coefficient (Wildman–Crippen LogP) is 1.03. The molecule has 3 nitrogen and oxygen atoms in total. The van der Waals surface area contributed by atoms with Crippen LogP contribution in [0.2, 0.25) is 0 Å². The van der Waals surface area contributed by atoms with Gasteiger partial charge in [-0.05, 0) is 31.7 Å². The zero-order chi connectivity index (χ0) is 9.84. The van der Waals surface area contributed by atoms with E-state index in [1.54, 1.807) is 31.3 Å². The summed E-state index contributed by atoms with van der Waals surface area (Å²) in [4.78, 5) is 0. The molecule has 1 aromatic rings. The molecule has 0 aliphatic heterocycles. The molecule has 0 saturated carbocycles. The Labute approximate surface area is 78.0 Å². The fourth-order valence-corrected chi connectivity index (χ4v) is 1.12. The summed E-state index contributed by atoms with van der Waals surface area (Å²) < 4.78 is 0. The minimum Gasteiger partial charge on any atom is -0.508 e. The zero-order valence-corrected chi connectivity index (χ0v) is 7.86. The molecule has 3 heteroatoms. The highest BCUT2D eigenvalue weighted by Gasteiger charge is 2.13. The predicted molar refractivity (Wildman–Crippen MR) is 51.6 cm³/mol. The number of benzene rings is 1. The average Bonchev–Trinajstić information content (AvgIpc) is 2.17. The molecule has 0 aliphatic carbocycles. The Morgan fingerprint density at radius 3 is 2.23 bits per heavy atom. The number of likely N-dealkylation sites (N-methyl/N-ethyl adjacent to an activating group) is 1. The first-order valence-corrected chi connectivity index (χ1v) is 4.29. The molecule has 72 valence electrons. The number of nitrogens with one attached hydrogen (secondary N) is 1. The molecule has 1 unspecified atom stereocenters. The molecule has 0 fully saturated rings. The van der Waals surface area contributed by atoms with Crippen molar-refractivity contribution in [3.8, 4) is 5.75 Å². The van der Waals surface area contributed by atoms with E-state index < -0.39 is 6.10 Å². The lowest BCUT2D eigenvalue weighted by molar-refractivity contribution is 0.140. The molecule has 0 saturated heterocycles. The van der Waals surface area contributed by atoms with Crippen molar-refractivity contribution in [1.29, 1.82) is 0 Å². The molecule has 0 radical (unpaired) electrons. The number of aliphatic hydroxyl groups excluding tert-OH is 1. The molecular weight excluding hydrogens is 166 g/mol. The summed E-state index contributed by atoms with van der Waals surface area (Å²) in [6.45, 7) is 1.90. The van der Waals surface area contributed by atoms with Gasteiger partial charge in [-0.3, -0.25) is 0 Å². The Kier molecular flexibility index (Phi) is 3.28. The minimum absolute atomic E-state index is 0.00421. The molecule has 13 heavy (non-hydrogen) atoms. The fraction of sp³-hybridized carbons (Fsp3) is 0.400. The standard InChI is InChI=1S/C10H15NO2/c1-7(11-2)10(13)8-3-5-9(12)6-4-8/h3-7,10-13H,1-2H3/t7?,10-/m1/s1. The number of hydrogen-bond acceptors (Lipinski definition) is 3. The van der Waals surface area contributed by atoms with Gasteiger partial charge in [0.1, 0.15) is 5.75 Å². The van der Waals surface area contributed by atoms with Gasteiger partial charge in [0, 0.05) is 6.04 Å². The summed E-state index contributed by atoms with van der Waals surface area (Å²) in [5, 5.41) is 21.7. The summed E-state index contributed by atoms with van der Waals surface area (Å²) in [5.74, 6) is 0.216. The number of phenols is 1. The molecule has 3 N–H and O–H groups in total. The van der Waals surface area contributed by atoms with Crippen LogP contribution < -0.4 is 5.32 Å². The second-order valence-corrected chi connectivity index (χ2v) is 3.11. The molecule has 0 heterocycles. The van der Waals surface area contributed by atoms with E-state index in [2.05, 4.69) is 5.32 Å². The summed E-state index contributed by atoms with van der Waals surface area (Å²) in [6, 6.07) is 6.58. The van der Waals surface area contributed by atoms with Gasteiger partial charge in [-0.1, -0.05) is 12.1 Å². The van der Waals surface area contributed by atoms with Crippen LogP contribution in [0.15, 0.2) is 24.3 Å². The lowest BCUT2D eigenvalue weighted by Crippen LogP contribution is -2.28. The Balaban J connectivity index is 2.77. The van der Waals surface area contributed by atoms with Crippen LogP contribution in [0.1, 0.15) is 18.6 Å². The third kappa shape index (κ3) is 2.44. The van der Waals surface area contributed by atoms with E-state index >= 15 is 0 Å². The second-order valence-electron chi connectivity index (χ2n) is 3.11. The molecule has 0 spiro atoms. The van der Waals surface area contributed by atoms with Gasteiger partial charge in [-0.2, -0.15) is 0 Å². The zero-order valence-electron chi connectivity index (χ0n) is 7.86. The molecule has 1 rings (SSSR count). The Morgan fingerprint density at radius 1 is 1.23 bits per heavy atom. The quantitative estimate of drug-likeness (QED) is 0.653.